The predicted octanol–water partition coefficient (Wildman–Crippen LogP) is 0.416. The summed E-state index contributed by atoms with van der Waals surface area (Å²) < 4.78 is 5.16. The van der Waals surface area contributed by atoms with Crippen LogP contribution in [0.15, 0.2) is 45.9 Å². The standard InChI is InChI=1S/C21H22N6O7S3/c1-2-34-13-6-5-12(25-27(13)33)36-8-10-9-37-19-15(18(29)26(19)16(10)20(30)31)23-17(28)14(24-21(22)32)11-4-3-7-35-11/h3-7,14-15,19H,2,8-9H2,1H3,(H,23,28)(H,30,31)(H3,22,24,32)/t14?,15-,19?/m0/s1. The minimum absolute atomic E-state index is 0.0555. The fourth-order valence-corrected chi connectivity index (χ4v) is 6.87. The SMILES string of the molecule is CCOc1ccc(SCC2=C(C(=O)O)N3C(=O)[C@H](NC(=O)C(NC(N)=O)c4cccs4)C3SC2)n[n+]1[O-]. The van der Waals surface area contributed by atoms with Crippen LogP contribution >= 0.6 is 34.9 Å². The summed E-state index contributed by atoms with van der Waals surface area (Å²) in [5.41, 5.74) is 5.54. The first kappa shape index (κ1) is 26.6. The highest BCUT2D eigenvalue weighted by Gasteiger charge is 2.54. The molecule has 0 saturated carbocycles. The van der Waals surface area contributed by atoms with Crippen LogP contribution in [0.4, 0.5) is 4.79 Å². The van der Waals surface area contributed by atoms with Crippen LogP contribution in [0.3, 0.4) is 0 Å². The first-order chi connectivity index (χ1) is 17.7. The Morgan fingerprint density at radius 2 is 2.19 bits per heavy atom. The summed E-state index contributed by atoms with van der Waals surface area (Å²) >= 11 is 3.70. The summed E-state index contributed by atoms with van der Waals surface area (Å²) in [5, 5.41) is 32.1. The topological polar surface area (TPSA) is 191 Å². The lowest BCUT2D eigenvalue weighted by molar-refractivity contribution is -0.678. The van der Waals surface area contributed by atoms with Gasteiger partial charge in [-0.3, -0.25) is 14.5 Å². The van der Waals surface area contributed by atoms with Crippen LogP contribution in [-0.4, -0.2) is 68.4 Å². The van der Waals surface area contributed by atoms with E-state index in [1.54, 1.807) is 30.5 Å². The molecule has 0 radical (unpaired) electrons. The number of rotatable bonds is 10. The number of primary amides is 1. The molecule has 0 spiro atoms. The second kappa shape index (κ2) is 11.3. The van der Waals surface area contributed by atoms with E-state index in [0.717, 1.165) is 16.7 Å². The Morgan fingerprint density at radius 1 is 1.41 bits per heavy atom. The van der Waals surface area contributed by atoms with E-state index in [4.69, 9.17) is 10.5 Å². The van der Waals surface area contributed by atoms with Crippen molar-refractivity contribution in [3.05, 3.63) is 51.0 Å². The number of thiophene rings is 1. The highest BCUT2D eigenvalue weighted by Crippen LogP contribution is 2.41. The van der Waals surface area contributed by atoms with Crippen molar-refractivity contribution < 1.29 is 33.9 Å². The van der Waals surface area contributed by atoms with Crippen LogP contribution in [0.2, 0.25) is 0 Å². The molecule has 5 N–H and O–H groups in total. The van der Waals surface area contributed by atoms with Crippen molar-refractivity contribution in [1.29, 1.82) is 0 Å². The number of hydrogen-bond donors (Lipinski definition) is 4. The molecular formula is C21H22N6O7S3. The molecule has 196 valence electrons. The first-order valence-electron chi connectivity index (χ1n) is 10.9. The fourth-order valence-electron chi connectivity index (χ4n) is 3.76. The summed E-state index contributed by atoms with van der Waals surface area (Å²) in [4.78, 5) is 51.4. The van der Waals surface area contributed by atoms with Crippen molar-refractivity contribution in [1.82, 2.24) is 20.6 Å². The molecule has 0 bridgehead atoms. The van der Waals surface area contributed by atoms with Crippen molar-refractivity contribution >= 4 is 58.7 Å². The molecule has 4 rings (SSSR count). The lowest BCUT2D eigenvalue weighted by atomic mass is 10.0. The molecule has 1 fully saturated rings. The molecule has 4 amide bonds. The number of amides is 4. The molecule has 2 unspecified atom stereocenters. The second-order valence-corrected chi connectivity index (χ2v) is 10.8. The number of ether oxygens (including phenoxy) is 1. The summed E-state index contributed by atoms with van der Waals surface area (Å²) in [5.74, 6) is -1.95. The zero-order valence-electron chi connectivity index (χ0n) is 19.3. The quantitative estimate of drug-likeness (QED) is 0.136. The van der Waals surface area contributed by atoms with Crippen LogP contribution in [0.1, 0.15) is 17.8 Å². The zero-order valence-corrected chi connectivity index (χ0v) is 21.7. The Hall–Kier alpha value is -3.50. The molecule has 2 aliphatic heterocycles. The summed E-state index contributed by atoms with van der Waals surface area (Å²) in [6.07, 6.45) is 0. The molecule has 0 aromatic carbocycles. The largest absolute Gasteiger partial charge is 0.591 e. The molecule has 2 aliphatic rings. The lowest BCUT2D eigenvalue weighted by Crippen LogP contribution is -2.71. The van der Waals surface area contributed by atoms with Crippen LogP contribution in [0.25, 0.3) is 0 Å². The number of nitrogens with two attached hydrogens (primary N) is 1. The minimum Gasteiger partial charge on any atom is -0.591 e. The average molecular weight is 567 g/mol. The average Bonchev–Trinajstić information content (AvgIpc) is 3.39. The smallest absolute Gasteiger partial charge is 0.405 e. The summed E-state index contributed by atoms with van der Waals surface area (Å²) in [6.45, 7) is 2.05. The van der Waals surface area contributed by atoms with E-state index < -0.39 is 41.3 Å². The Morgan fingerprint density at radius 3 is 2.81 bits per heavy atom. The first-order valence-corrected chi connectivity index (χ1v) is 13.8. The summed E-state index contributed by atoms with van der Waals surface area (Å²) in [6, 6.07) is 3.48. The Kier molecular flexibility index (Phi) is 8.09. The van der Waals surface area contributed by atoms with Crippen molar-refractivity contribution in [3.63, 3.8) is 0 Å². The maximum atomic E-state index is 13.0. The van der Waals surface area contributed by atoms with Gasteiger partial charge in [-0.05, 0) is 34.9 Å². The van der Waals surface area contributed by atoms with Gasteiger partial charge in [-0.15, -0.1) is 23.1 Å². The van der Waals surface area contributed by atoms with Gasteiger partial charge < -0.3 is 31.4 Å². The number of carboxylic acid groups (broad SMARTS) is 1. The number of β-lactam (4-membered cyclic amide) rings is 1. The number of urea groups is 1. The van der Waals surface area contributed by atoms with E-state index in [-0.39, 0.29) is 23.1 Å². The van der Waals surface area contributed by atoms with Gasteiger partial charge >= 0.3 is 17.9 Å². The number of carboxylic acids is 1. The monoisotopic (exact) mass is 566 g/mol. The molecule has 13 nitrogen and oxygen atoms in total. The molecule has 2 aromatic rings. The van der Waals surface area contributed by atoms with Gasteiger partial charge in [0.25, 0.3) is 5.91 Å². The maximum absolute atomic E-state index is 13.0. The molecule has 0 aliphatic carbocycles. The lowest BCUT2D eigenvalue weighted by Gasteiger charge is -2.49. The fraction of sp³-hybridized carbons (Fsp3) is 0.333. The number of thioether (sulfide) groups is 2. The van der Waals surface area contributed by atoms with Crippen LogP contribution in [0, 0.1) is 5.21 Å². The van der Waals surface area contributed by atoms with Gasteiger partial charge in [-0.2, -0.15) is 0 Å². The Balaban J connectivity index is 1.46. The number of nitrogens with one attached hydrogen (secondary N) is 2. The molecule has 16 heteroatoms. The third kappa shape index (κ3) is 5.60. The van der Waals surface area contributed by atoms with Crippen LogP contribution in [-0.2, 0) is 14.4 Å². The highest BCUT2D eigenvalue weighted by molar-refractivity contribution is 8.01. The van der Waals surface area contributed by atoms with Crippen molar-refractivity contribution in [2.24, 2.45) is 5.73 Å². The molecule has 4 heterocycles. The second-order valence-electron chi connectivity index (χ2n) is 7.71. The number of carbonyl (C=O) groups is 4. The van der Waals surface area contributed by atoms with Gasteiger partial charge in [-0.1, -0.05) is 17.8 Å². The predicted molar refractivity (Wildman–Crippen MR) is 135 cm³/mol. The van der Waals surface area contributed by atoms with Crippen molar-refractivity contribution in [2.45, 2.75) is 29.4 Å². The Bertz CT molecular complexity index is 1260. The minimum atomic E-state index is -1.27. The van der Waals surface area contributed by atoms with E-state index in [9.17, 15) is 29.5 Å². The van der Waals surface area contributed by atoms with Gasteiger partial charge in [0.1, 0.15) is 23.2 Å². The summed E-state index contributed by atoms with van der Waals surface area (Å²) in [7, 11) is 0. The van der Waals surface area contributed by atoms with Gasteiger partial charge in [-0.25, -0.2) is 9.59 Å². The number of hydrogen-bond acceptors (Lipinski definition) is 10. The molecule has 1 saturated heterocycles. The molecule has 2 aromatic heterocycles. The van der Waals surface area contributed by atoms with E-state index in [0.29, 0.717) is 26.9 Å². The van der Waals surface area contributed by atoms with Gasteiger partial charge in [0.15, 0.2) is 5.03 Å². The molecule has 3 atom stereocenters. The third-order valence-corrected chi connectivity index (χ3v) is 8.64. The number of nitrogens with zero attached hydrogens (tertiary/aromatic N) is 3. The van der Waals surface area contributed by atoms with E-state index in [1.807, 2.05) is 0 Å². The van der Waals surface area contributed by atoms with Gasteiger partial charge in [0.2, 0.25) is 5.91 Å². The van der Waals surface area contributed by atoms with Crippen molar-refractivity contribution in [3.8, 4) is 5.88 Å². The number of aromatic nitrogens is 2. The Labute approximate surface area is 223 Å². The number of carbonyl (C=O) groups excluding carboxylic acids is 3. The van der Waals surface area contributed by atoms with Crippen molar-refractivity contribution in [2.75, 3.05) is 18.1 Å². The highest BCUT2D eigenvalue weighted by atomic mass is 32.2. The number of fused-ring (bicyclic) bond motifs is 1. The zero-order chi connectivity index (χ0) is 26.7. The van der Waals surface area contributed by atoms with E-state index in [1.165, 1.54) is 29.2 Å². The molecular weight excluding hydrogens is 544 g/mol. The van der Waals surface area contributed by atoms with Gasteiger partial charge in [0, 0.05) is 21.5 Å². The maximum Gasteiger partial charge on any atom is 0.405 e. The normalized spacial score (nSPS) is 19.5. The van der Waals surface area contributed by atoms with Crippen LogP contribution < -0.4 is 25.9 Å². The van der Waals surface area contributed by atoms with Gasteiger partial charge in [0.05, 0.1) is 12.7 Å². The number of aliphatic carboxylic acids is 1. The third-order valence-electron chi connectivity index (χ3n) is 5.36. The van der Waals surface area contributed by atoms with Crippen LogP contribution in [0.5, 0.6) is 5.88 Å². The van der Waals surface area contributed by atoms with E-state index >= 15 is 0 Å². The molecule has 37 heavy (non-hydrogen) atoms. The van der Waals surface area contributed by atoms with E-state index in [2.05, 4.69) is 15.7 Å².